The Hall–Kier alpha value is -1.25. The molecule has 1 aromatic rings. The molecule has 48 valence electrons. The lowest BCUT2D eigenvalue weighted by Gasteiger charge is -1.79. The molecule has 0 radical (unpaired) electrons. The first-order valence-electron chi connectivity index (χ1n) is 2.61. The molecule has 0 aromatic carbocycles. The van der Waals surface area contributed by atoms with E-state index in [9.17, 15) is 0 Å². The van der Waals surface area contributed by atoms with Crippen molar-refractivity contribution in [3.8, 4) is 0 Å². The number of aliphatic hydroxyl groups is 1. The molecule has 0 amide bonds. The van der Waals surface area contributed by atoms with Crippen molar-refractivity contribution in [2.24, 2.45) is 7.05 Å². The Bertz CT molecular complexity index is 215. The van der Waals surface area contributed by atoms with Crippen molar-refractivity contribution in [1.29, 1.82) is 0 Å². The zero-order valence-corrected chi connectivity index (χ0v) is 5.15. The normalized spacial score (nSPS) is 10.8. The van der Waals surface area contributed by atoms with Crippen LogP contribution >= 0.6 is 0 Å². The molecular weight excluding hydrogens is 116 g/mol. The third-order valence-electron chi connectivity index (χ3n) is 0.970. The second-order valence-corrected chi connectivity index (χ2v) is 1.78. The summed E-state index contributed by atoms with van der Waals surface area (Å²) in [6.07, 6.45) is 5.99. The predicted octanol–water partition coefficient (Wildman–Crippen LogP) is 0.949. The van der Waals surface area contributed by atoms with Gasteiger partial charge in [-0.1, -0.05) is 0 Å². The van der Waals surface area contributed by atoms with Crippen molar-refractivity contribution in [2.45, 2.75) is 0 Å². The maximum atomic E-state index is 8.30. The molecule has 0 spiro atoms. The minimum atomic E-state index is 0.764. The second-order valence-electron chi connectivity index (χ2n) is 1.78. The van der Waals surface area contributed by atoms with Gasteiger partial charge in [0.15, 0.2) is 0 Å². The van der Waals surface area contributed by atoms with Crippen LogP contribution in [0.4, 0.5) is 0 Å². The van der Waals surface area contributed by atoms with E-state index in [2.05, 4.69) is 4.98 Å². The Morgan fingerprint density at radius 1 is 1.78 bits per heavy atom. The van der Waals surface area contributed by atoms with Crippen molar-refractivity contribution in [2.75, 3.05) is 0 Å². The van der Waals surface area contributed by atoms with Crippen molar-refractivity contribution in [3.63, 3.8) is 0 Å². The monoisotopic (exact) mass is 124 g/mol. The molecule has 0 unspecified atom stereocenters. The van der Waals surface area contributed by atoms with Crippen molar-refractivity contribution in [3.05, 3.63) is 24.5 Å². The van der Waals surface area contributed by atoms with Gasteiger partial charge in [0.25, 0.3) is 0 Å². The van der Waals surface area contributed by atoms with Crippen LogP contribution < -0.4 is 0 Å². The minimum Gasteiger partial charge on any atom is -0.516 e. The molecule has 3 nitrogen and oxygen atoms in total. The third kappa shape index (κ3) is 1.32. The predicted molar refractivity (Wildman–Crippen MR) is 34.9 cm³/mol. The fourth-order valence-electron chi connectivity index (χ4n) is 0.595. The molecule has 0 atom stereocenters. The number of hydrogen-bond donors (Lipinski definition) is 1. The summed E-state index contributed by atoms with van der Waals surface area (Å²) in [4.78, 5) is 3.92. The summed E-state index contributed by atoms with van der Waals surface area (Å²) in [6, 6.07) is 0. The van der Waals surface area contributed by atoms with Gasteiger partial charge in [0, 0.05) is 13.2 Å². The van der Waals surface area contributed by atoms with Crippen LogP contribution in [0.15, 0.2) is 18.8 Å². The summed E-state index contributed by atoms with van der Waals surface area (Å²) in [6.45, 7) is 0. The average molecular weight is 124 g/mol. The number of imidazole rings is 1. The molecule has 0 aliphatic carbocycles. The smallest absolute Gasteiger partial charge is 0.0950 e. The molecule has 1 N–H and O–H groups in total. The van der Waals surface area contributed by atoms with E-state index in [-0.39, 0.29) is 0 Å². The fourth-order valence-corrected chi connectivity index (χ4v) is 0.595. The largest absolute Gasteiger partial charge is 0.516 e. The van der Waals surface area contributed by atoms with E-state index in [1.165, 1.54) is 6.08 Å². The molecular formula is C6H8N2O. The third-order valence-corrected chi connectivity index (χ3v) is 0.970. The van der Waals surface area contributed by atoms with E-state index < -0.39 is 0 Å². The Kier molecular flexibility index (Phi) is 1.53. The van der Waals surface area contributed by atoms with Crippen molar-refractivity contribution in [1.82, 2.24) is 9.55 Å². The molecule has 0 saturated carbocycles. The lowest BCUT2D eigenvalue weighted by atomic mass is 10.5. The van der Waals surface area contributed by atoms with E-state index in [0.717, 1.165) is 12.0 Å². The lowest BCUT2D eigenvalue weighted by Crippen LogP contribution is -1.77. The Labute approximate surface area is 53.3 Å². The highest BCUT2D eigenvalue weighted by Crippen LogP contribution is 1.94. The molecule has 3 heteroatoms. The van der Waals surface area contributed by atoms with Crippen LogP contribution in [0.5, 0.6) is 0 Å². The minimum absolute atomic E-state index is 0.764. The van der Waals surface area contributed by atoms with Gasteiger partial charge in [-0.25, -0.2) is 4.98 Å². The van der Waals surface area contributed by atoms with Gasteiger partial charge in [0.2, 0.25) is 0 Å². The van der Waals surface area contributed by atoms with E-state index in [0.29, 0.717) is 0 Å². The topological polar surface area (TPSA) is 38.0 Å². The summed E-state index contributed by atoms with van der Waals surface area (Å²) in [5.74, 6) is 0. The summed E-state index contributed by atoms with van der Waals surface area (Å²) < 4.78 is 1.81. The first kappa shape index (κ1) is 5.88. The van der Waals surface area contributed by atoms with Crippen LogP contribution in [0, 0.1) is 0 Å². The van der Waals surface area contributed by atoms with E-state index in [1.807, 2.05) is 17.8 Å². The molecule has 0 saturated heterocycles. The number of aryl methyl sites for hydroxylation is 1. The number of rotatable bonds is 1. The van der Waals surface area contributed by atoms with Gasteiger partial charge in [-0.15, -0.1) is 0 Å². The van der Waals surface area contributed by atoms with Crippen LogP contribution in [-0.4, -0.2) is 14.7 Å². The van der Waals surface area contributed by atoms with Gasteiger partial charge in [-0.3, -0.25) is 0 Å². The molecule has 1 heterocycles. The zero-order valence-electron chi connectivity index (χ0n) is 5.15. The highest BCUT2D eigenvalue weighted by atomic mass is 16.2. The van der Waals surface area contributed by atoms with Crippen molar-refractivity contribution >= 4 is 6.08 Å². The summed E-state index contributed by atoms with van der Waals surface area (Å²) in [5.41, 5.74) is 0.764. The molecule has 1 aromatic heterocycles. The van der Waals surface area contributed by atoms with E-state index >= 15 is 0 Å². The molecule has 9 heavy (non-hydrogen) atoms. The fraction of sp³-hybridized carbons (Fsp3) is 0.167. The van der Waals surface area contributed by atoms with Gasteiger partial charge in [0.05, 0.1) is 18.3 Å². The zero-order chi connectivity index (χ0) is 6.69. The maximum Gasteiger partial charge on any atom is 0.0950 e. The summed E-state index contributed by atoms with van der Waals surface area (Å²) >= 11 is 0. The molecule has 0 aliphatic heterocycles. The SMILES string of the molecule is Cn1cnc(C=CO)c1. The van der Waals surface area contributed by atoms with Gasteiger partial charge in [0.1, 0.15) is 0 Å². The quantitative estimate of drug-likeness (QED) is 0.566. The molecule has 0 fully saturated rings. The molecule has 0 bridgehead atoms. The number of aliphatic hydroxyl groups excluding tert-OH is 1. The summed E-state index contributed by atoms with van der Waals surface area (Å²) in [7, 11) is 1.88. The second kappa shape index (κ2) is 2.35. The first-order valence-corrected chi connectivity index (χ1v) is 2.61. The van der Waals surface area contributed by atoms with Crippen LogP contribution in [0.2, 0.25) is 0 Å². The number of aromatic nitrogens is 2. The Morgan fingerprint density at radius 3 is 3.00 bits per heavy atom. The van der Waals surface area contributed by atoms with Gasteiger partial charge in [-0.05, 0) is 6.08 Å². The summed E-state index contributed by atoms with van der Waals surface area (Å²) in [5, 5.41) is 8.30. The number of hydrogen-bond acceptors (Lipinski definition) is 2. The average Bonchev–Trinajstić information content (AvgIpc) is 2.17. The van der Waals surface area contributed by atoms with Crippen LogP contribution in [0.1, 0.15) is 5.69 Å². The Balaban J connectivity index is 2.85. The standard InChI is InChI=1S/C6H8N2O/c1-8-4-6(2-3-9)7-5-8/h2-5,9H,1H3. The van der Waals surface area contributed by atoms with E-state index in [1.54, 1.807) is 6.33 Å². The van der Waals surface area contributed by atoms with Gasteiger partial charge < -0.3 is 9.67 Å². The maximum absolute atomic E-state index is 8.30. The molecule has 0 aliphatic rings. The van der Waals surface area contributed by atoms with Gasteiger partial charge >= 0.3 is 0 Å². The van der Waals surface area contributed by atoms with Gasteiger partial charge in [-0.2, -0.15) is 0 Å². The number of nitrogens with zero attached hydrogens (tertiary/aromatic N) is 2. The lowest BCUT2D eigenvalue weighted by molar-refractivity contribution is 0.478. The van der Waals surface area contributed by atoms with Crippen LogP contribution in [0.3, 0.4) is 0 Å². The van der Waals surface area contributed by atoms with Crippen molar-refractivity contribution < 1.29 is 5.11 Å². The molecule has 1 rings (SSSR count). The van der Waals surface area contributed by atoms with E-state index in [4.69, 9.17) is 5.11 Å². The first-order chi connectivity index (χ1) is 4.33. The highest BCUT2D eigenvalue weighted by Gasteiger charge is 1.86. The van der Waals surface area contributed by atoms with Crippen LogP contribution in [0.25, 0.3) is 6.08 Å². The highest BCUT2D eigenvalue weighted by molar-refractivity contribution is 5.40. The van der Waals surface area contributed by atoms with Crippen LogP contribution in [-0.2, 0) is 7.05 Å². The Morgan fingerprint density at radius 2 is 2.56 bits per heavy atom.